The van der Waals surface area contributed by atoms with Crippen molar-refractivity contribution in [3.8, 4) is 0 Å². The van der Waals surface area contributed by atoms with Gasteiger partial charge in [-0.05, 0) is 39.0 Å². The highest BCUT2D eigenvalue weighted by atomic mass is 16.6. The van der Waals surface area contributed by atoms with Crippen LogP contribution in [0.25, 0.3) is 0 Å². The Labute approximate surface area is 112 Å². The topological polar surface area (TPSA) is 38.3 Å². The number of carbonyl (C=O) groups excluding carboxylic acids is 1. The minimum atomic E-state index is -0.374. The van der Waals surface area contributed by atoms with Crippen LogP contribution in [0.4, 0.5) is 0 Å². The minimum Gasteiger partial charge on any atom is -0.460 e. The van der Waals surface area contributed by atoms with Crippen LogP contribution < -0.4 is 5.32 Å². The van der Waals surface area contributed by atoms with Crippen LogP contribution in [-0.2, 0) is 9.53 Å². The van der Waals surface area contributed by atoms with E-state index >= 15 is 0 Å². The number of ether oxygens (including phenoxy) is 1. The van der Waals surface area contributed by atoms with Crippen LogP contribution in [0.15, 0.2) is 0 Å². The van der Waals surface area contributed by atoms with Gasteiger partial charge >= 0.3 is 5.97 Å². The van der Waals surface area contributed by atoms with E-state index in [1.54, 1.807) is 0 Å². The van der Waals surface area contributed by atoms with Crippen molar-refractivity contribution in [1.29, 1.82) is 0 Å². The summed E-state index contributed by atoms with van der Waals surface area (Å²) in [6.45, 7) is 11.1. The fraction of sp³-hybridized carbons (Fsp3) is 0.933. The molecule has 1 aliphatic rings. The molecular formula is C15H29NO2. The summed E-state index contributed by atoms with van der Waals surface area (Å²) in [6.07, 6.45) is 5.59. The fourth-order valence-corrected chi connectivity index (χ4v) is 2.61. The van der Waals surface area contributed by atoms with Gasteiger partial charge in [-0.1, -0.05) is 26.7 Å². The summed E-state index contributed by atoms with van der Waals surface area (Å²) in [7, 11) is 0. The van der Waals surface area contributed by atoms with Crippen molar-refractivity contribution < 1.29 is 9.53 Å². The van der Waals surface area contributed by atoms with Crippen LogP contribution in [0.1, 0.15) is 66.7 Å². The highest BCUT2D eigenvalue weighted by Crippen LogP contribution is 2.35. The summed E-state index contributed by atoms with van der Waals surface area (Å²) in [5.74, 6) is -0.108. The first-order valence-corrected chi connectivity index (χ1v) is 7.16. The van der Waals surface area contributed by atoms with Gasteiger partial charge in [0.05, 0.1) is 6.42 Å². The lowest BCUT2D eigenvalue weighted by Crippen LogP contribution is -2.45. The van der Waals surface area contributed by atoms with Crippen LogP contribution in [-0.4, -0.2) is 24.2 Å². The first-order valence-electron chi connectivity index (χ1n) is 7.16. The van der Waals surface area contributed by atoms with E-state index in [-0.39, 0.29) is 11.6 Å². The maximum Gasteiger partial charge on any atom is 0.307 e. The molecule has 1 aliphatic carbocycles. The van der Waals surface area contributed by atoms with Gasteiger partial charge in [0.15, 0.2) is 0 Å². The molecule has 1 saturated carbocycles. The zero-order valence-electron chi connectivity index (χ0n) is 12.6. The van der Waals surface area contributed by atoms with Gasteiger partial charge in [0.1, 0.15) is 5.60 Å². The Morgan fingerprint density at radius 2 is 2.00 bits per heavy atom. The molecule has 0 aromatic rings. The predicted molar refractivity (Wildman–Crippen MR) is 74.5 cm³/mol. The van der Waals surface area contributed by atoms with E-state index in [1.807, 2.05) is 20.8 Å². The van der Waals surface area contributed by atoms with Gasteiger partial charge in [-0.25, -0.2) is 0 Å². The summed E-state index contributed by atoms with van der Waals surface area (Å²) in [5.41, 5.74) is -0.0205. The normalized spacial score (nSPS) is 23.7. The molecule has 0 spiro atoms. The monoisotopic (exact) mass is 255 g/mol. The Bertz CT molecular complexity index is 279. The molecule has 0 heterocycles. The summed E-state index contributed by atoms with van der Waals surface area (Å²) >= 11 is 0. The molecule has 1 unspecified atom stereocenters. The zero-order valence-corrected chi connectivity index (χ0v) is 12.6. The molecule has 0 aliphatic heterocycles. The molecule has 0 radical (unpaired) electrons. The van der Waals surface area contributed by atoms with Crippen molar-refractivity contribution in [1.82, 2.24) is 5.32 Å². The van der Waals surface area contributed by atoms with Crippen molar-refractivity contribution >= 4 is 5.97 Å². The van der Waals surface area contributed by atoms with Crippen molar-refractivity contribution in [3.05, 3.63) is 0 Å². The molecule has 18 heavy (non-hydrogen) atoms. The molecule has 0 aromatic heterocycles. The summed E-state index contributed by atoms with van der Waals surface area (Å²) in [6, 6.07) is 0.536. The highest BCUT2D eigenvalue weighted by molar-refractivity contribution is 5.70. The molecule has 3 nitrogen and oxygen atoms in total. The molecule has 106 valence electrons. The third-order valence-electron chi connectivity index (χ3n) is 3.65. The van der Waals surface area contributed by atoms with Crippen molar-refractivity contribution in [2.75, 3.05) is 6.54 Å². The maximum atomic E-state index is 11.6. The average Bonchev–Trinajstić information content (AvgIpc) is 2.17. The van der Waals surface area contributed by atoms with Gasteiger partial charge in [0.2, 0.25) is 0 Å². The van der Waals surface area contributed by atoms with Crippen LogP contribution >= 0.6 is 0 Å². The van der Waals surface area contributed by atoms with Crippen LogP contribution in [0.3, 0.4) is 0 Å². The fourth-order valence-electron chi connectivity index (χ4n) is 2.61. The second kappa shape index (κ2) is 6.05. The number of rotatable bonds is 4. The van der Waals surface area contributed by atoms with Gasteiger partial charge in [-0.3, -0.25) is 4.79 Å². The average molecular weight is 255 g/mol. The van der Waals surface area contributed by atoms with Gasteiger partial charge < -0.3 is 10.1 Å². The van der Waals surface area contributed by atoms with E-state index < -0.39 is 0 Å². The summed E-state index contributed by atoms with van der Waals surface area (Å²) < 4.78 is 5.30. The molecule has 0 amide bonds. The third-order valence-corrected chi connectivity index (χ3v) is 3.65. The quantitative estimate of drug-likeness (QED) is 0.783. The lowest BCUT2D eigenvalue weighted by molar-refractivity contribution is -0.154. The second-order valence-corrected chi connectivity index (χ2v) is 7.08. The van der Waals surface area contributed by atoms with Crippen molar-refractivity contribution in [2.24, 2.45) is 5.41 Å². The second-order valence-electron chi connectivity index (χ2n) is 7.08. The number of carbonyl (C=O) groups is 1. The molecule has 1 atom stereocenters. The van der Waals surface area contributed by atoms with Gasteiger partial charge in [0, 0.05) is 12.6 Å². The number of hydrogen-bond donors (Lipinski definition) is 1. The van der Waals surface area contributed by atoms with Crippen LogP contribution in [0.5, 0.6) is 0 Å². The summed E-state index contributed by atoms with van der Waals surface area (Å²) in [4.78, 5) is 11.6. The molecule has 1 fully saturated rings. The Morgan fingerprint density at radius 3 is 2.56 bits per heavy atom. The highest BCUT2D eigenvalue weighted by Gasteiger charge is 2.31. The predicted octanol–water partition coefficient (Wildman–Crippen LogP) is 3.28. The standard InChI is InChI=1S/C15H29NO2/c1-14(2,3)18-13(17)9-11-16-12-8-6-7-10-15(12,4)5/h12,16H,6-11H2,1-5H3. The lowest BCUT2D eigenvalue weighted by Gasteiger charge is -2.39. The van der Waals surface area contributed by atoms with Gasteiger partial charge in [-0.2, -0.15) is 0 Å². The largest absolute Gasteiger partial charge is 0.460 e. The van der Waals surface area contributed by atoms with Gasteiger partial charge in [-0.15, -0.1) is 0 Å². The van der Waals surface area contributed by atoms with E-state index in [9.17, 15) is 4.79 Å². The lowest BCUT2D eigenvalue weighted by atomic mass is 9.73. The third kappa shape index (κ3) is 5.38. The molecule has 1 N–H and O–H groups in total. The first kappa shape index (κ1) is 15.5. The van der Waals surface area contributed by atoms with E-state index in [0.29, 0.717) is 17.9 Å². The van der Waals surface area contributed by atoms with Crippen LogP contribution in [0, 0.1) is 5.41 Å². The zero-order chi connectivity index (χ0) is 13.8. The molecular weight excluding hydrogens is 226 g/mol. The summed E-state index contributed by atoms with van der Waals surface area (Å²) in [5, 5.41) is 3.53. The van der Waals surface area contributed by atoms with E-state index in [0.717, 1.165) is 6.54 Å². The molecule has 1 rings (SSSR count). The smallest absolute Gasteiger partial charge is 0.307 e. The van der Waals surface area contributed by atoms with E-state index in [2.05, 4.69) is 19.2 Å². The Balaban J connectivity index is 2.27. The maximum absolute atomic E-state index is 11.6. The van der Waals surface area contributed by atoms with Gasteiger partial charge in [0.25, 0.3) is 0 Å². The van der Waals surface area contributed by atoms with E-state index in [4.69, 9.17) is 4.74 Å². The molecule has 0 aromatic carbocycles. The Kier molecular flexibility index (Phi) is 5.20. The first-order chi connectivity index (χ1) is 8.21. The SMILES string of the molecule is CC(C)(C)OC(=O)CCNC1CCCCC1(C)C. The number of nitrogens with one attached hydrogen (secondary N) is 1. The van der Waals surface area contributed by atoms with Crippen molar-refractivity contribution in [3.63, 3.8) is 0 Å². The van der Waals surface area contributed by atoms with Crippen molar-refractivity contribution in [2.45, 2.75) is 78.4 Å². The molecule has 0 saturated heterocycles. The Hall–Kier alpha value is -0.570. The minimum absolute atomic E-state index is 0.108. The number of hydrogen-bond acceptors (Lipinski definition) is 3. The number of esters is 1. The molecule has 3 heteroatoms. The van der Waals surface area contributed by atoms with Crippen LogP contribution in [0.2, 0.25) is 0 Å². The Morgan fingerprint density at radius 1 is 1.33 bits per heavy atom. The van der Waals surface area contributed by atoms with E-state index in [1.165, 1.54) is 25.7 Å². The molecule has 0 bridgehead atoms.